The van der Waals surface area contributed by atoms with Crippen molar-refractivity contribution in [1.29, 1.82) is 0 Å². The fraction of sp³-hybridized carbons (Fsp3) is 0.357. The van der Waals surface area contributed by atoms with Crippen molar-refractivity contribution < 1.29 is 0 Å². The zero-order valence-electron chi connectivity index (χ0n) is 11.1. The molecule has 0 spiro atoms. The van der Waals surface area contributed by atoms with Crippen molar-refractivity contribution in [2.75, 3.05) is 19.0 Å². The van der Waals surface area contributed by atoms with Crippen LogP contribution in [0.1, 0.15) is 23.5 Å². The Balaban J connectivity index is 1.94. The molecule has 1 aromatic heterocycles. The molecule has 0 saturated heterocycles. The average molecular weight is 261 g/mol. The Hall–Kier alpha value is -1.39. The maximum Gasteiger partial charge on any atom is 0.106 e. The fourth-order valence-electron chi connectivity index (χ4n) is 1.76. The van der Waals surface area contributed by atoms with Gasteiger partial charge in [-0.3, -0.25) is 0 Å². The normalized spacial score (nSPS) is 12.4. The summed E-state index contributed by atoms with van der Waals surface area (Å²) in [6.45, 7) is 3.01. The van der Waals surface area contributed by atoms with E-state index in [0.717, 1.165) is 11.6 Å². The van der Waals surface area contributed by atoms with Gasteiger partial charge in [0.25, 0.3) is 0 Å². The molecule has 0 fully saturated rings. The van der Waals surface area contributed by atoms with Gasteiger partial charge >= 0.3 is 0 Å². The molecule has 1 aromatic carbocycles. The minimum Gasteiger partial charge on any atom is -0.378 e. The number of nitrogens with one attached hydrogen (secondary N) is 1. The van der Waals surface area contributed by atoms with Crippen molar-refractivity contribution in [2.24, 2.45) is 0 Å². The molecule has 2 aromatic rings. The highest BCUT2D eigenvalue weighted by Gasteiger charge is 2.06. The molecular formula is C14H19N3S. The van der Waals surface area contributed by atoms with E-state index in [4.69, 9.17) is 0 Å². The van der Waals surface area contributed by atoms with Crippen LogP contribution in [0.15, 0.2) is 35.8 Å². The lowest BCUT2D eigenvalue weighted by Gasteiger charge is -2.16. The van der Waals surface area contributed by atoms with Gasteiger partial charge in [0.15, 0.2) is 0 Å². The number of anilines is 1. The topological polar surface area (TPSA) is 28.2 Å². The van der Waals surface area contributed by atoms with Gasteiger partial charge < -0.3 is 10.2 Å². The summed E-state index contributed by atoms with van der Waals surface area (Å²) in [5.74, 6) is 0. The van der Waals surface area contributed by atoms with E-state index in [1.54, 1.807) is 11.3 Å². The summed E-state index contributed by atoms with van der Waals surface area (Å²) < 4.78 is 0. The predicted molar refractivity (Wildman–Crippen MR) is 78.1 cm³/mol. The Kier molecular flexibility index (Phi) is 4.33. The van der Waals surface area contributed by atoms with Gasteiger partial charge in [0.2, 0.25) is 0 Å². The molecule has 1 atom stereocenters. The molecule has 0 aliphatic carbocycles. The Bertz CT molecular complexity index is 462. The highest BCUT2D eigenvalue weighted by molar-refractivity contribution is 7.09. The molecule has 1 N–H and O–H groups in total. The maximum absolute atomic E-state index is 4.27. The molecule has 0 aliphatic rings. The van der Waals surface area contributed by atoms with Crippen LogP contribution in [0, 0.1) is 0 Å². The van der Waals surface area contributed by atoms with Gasteiger partial charge in [-0.2, -0.15) is 0 Å². The third kappa shape index (κ3) is 3.31. The molecule has 3 nitrogen and oxygen atoms in total. The summed E-state index contributed by atoms with van der Waals surface area (Å²) in [7, 11) is 4.11. The minimum atomic E-state index is 0.338. The first-order valence-corrected chi connectivity index (χ1v) is 6.94. The maximum atomic E-state index is 4.27. The second kappa shape index (κ2) is 5.98. The molecule has 0 amide bonds. The SMILES string of the molecule is CC(NCc1nccs1)c1ccc(N(C)C)cc1. The predicted octanol–water partition coefficient (Wildman–Crippen LogP) is 3.06. The van der Waals surface area contributed by atoms with Crippen LogP contribution in [-0.2, 0) is 6.54 Å². The van der Waals surface area contributed by atoms with Gasteiger partial charge in [0.05, 0.1) is 0 Å². The van der Waals surface area contributed by atoms with E-state index in [1.165, 1.54) is 11.3 Å². The number of thiazole rings is 1. The minimum absolute atomic E-state index is 0.338. The largest absolute Gasteiger partial charge is 0.378 e. The summed E-state index contributed by atoms with van der Waals surface area (Å²) >= 11 is 1.69. The molecule has 0 radical (unpaired) electrons. The highest BCUT2D eigenvalue weighted by Crippen LogP contribution is 2.18. The standard InChI is InChI=1S/C14H19N3S/c1-11(16-10-14-15-8-9-18-14)12-4-6-13(7-5-12)17(2)3/h4-9,11,16H,10H2,1-3H3. The highest BCUT2D eigenvalue weighted by atomic mass is 32.1. The van der Waals surface area contributed by atoms with Crippen molar-refractivity contribution in [3.63, 3.8) is 0 Å². The van der Waals surface area contributed by atoms with Gasteiger partial charge in [-0.15, -0.1) is 11.3 Å². The molecule has 96 valence electrons. The number of aromatic nitrogens is 1. The second-order valence-corrected chi connectivity index (χ2v) is 5.49. The average Bonchev–Trinajstić information content (AvgIpc) is 2.89. The molecule has 0 saturated carbocycles. The van der Waals surface area contributed by atoms with Crippen LogP contribution in [-0.4, -0.2) is 19.1 Å². The fourth-order valence-corrected chi connectivity index (χ4v) is 2.33. The van der Waals surface area contributed by atoms with E-state index in [1.807, 2.05) is 11.6 Å². The molecule has 4 heteroatoms. The van der Waals surface area contributed by atoms with E-state index >= 15 is 0 Å². The van der Waals surface area contributed by atoms with Crippen molar-refractivity contribution in [3.8, 4) is 0 Å². The number of hydrogen-bond acceptors (Lipinski definition) is 4. The lowest BCUT2D eigenvalue weighted by Crippen LogP contribution is -2.18. The smallest absolute Gasteiger partial charge is 0.106 e. The van der Waals surface area contributed by atoms with Crippen LogP contribution in [0.5, 0.6) is 0 Å². The molecule has 18 heavy (non-hydrogen) atoms. The van der Waals surface area contributed by atoms with Crippen LogP contribution in [0.3, 0.4) is 0 Å². The van der Waals surface area contributed by atoms with Gasteiger partial charge in [-0.25, -0.2) is 4.98 Å². The van der Waals surface area contributed by atoms with E-state index in [-0.39, 0.29) is 0 Å². The zero-order valence-corrected chi connectivity index (χ0v) is 11.9. The monoisotopic (exact) mass is 261 g/mol. The third-order valence-corrected chi connectivity index (χ3v) is 3.73. The van der Waals surface area contributed by atoms with Crippen LogP contribution in [0.2, 0.25) is 0 Å². The lowest BCUT2D eigenvalue weighted by atomic mass is 10.1. The van der Waals surface area contributed by atoms with Crippen molar-refractivity contribution in [3.05, 3.63) is 46.4 Å². The first kappa shape index (κ1) is 13.1. The van der Waals surface area contributed by atoms with Crippen LogP contribution in [0.4, 0.5) is 5.69 Å². The van der Waals surface area contributed by atoms with Crippen molar-refractivity contribution >= 4 is 17.0 Å². The Morgan fingerprint density at radius 3 is 2.56 bits per heavy atom. The number of rotatable bonds is 5. The molecule has 0 bridgehead atoms. The van der Waals surface area contributed by atoms with E-state index < -0.39 is 0 Å². The quantitative estimate of drug-likeness (QED) is 0.896. The summed E-state index contributed by atoms with van der Waals surface area (Å²) in [6, 6.07) is 8.99. The lowest BCUT2D eigenvalue weighted by molar-refractivity contribution is 0.573. The molecular weight excluding hydrogens is 242 g/mol. The van der Waals surface area contributed by atoms with Crippen LogP contribution >= 0.6 is 11.3 Å². The third-order valence-electron chi connectivity index (χ3n) is 2.95. The van der Waals surface area contributed by atoms with Gasteiger partial charge in [-0.1, -0.05) is 12.1 Å². The Labute approximate surface area is 112 Å². The van der Waals surface area contributed by atoms with Gasteiger partial charge in [-0.05, 0) is 24.6 Å². The van der Waals surface area contributed by atoms with Gasteiger partial charge in [0, 0.05) is 43.9 Å². The second-order valence-electron chi connectivity index (χ2n) is 4.51. The first-order chi connectivity index (χ1) is 8.66. The molecule has 1 unspecified atom stereocenters. The van der Waals surface area contributed by atoms with Gasteiger partial charge in [0.1, 0.15) is 5.01 Å². The number of hydrogen-bond donors (Lipinski definition) is 1. The molecule has 0 aliphatic heterocycles. The molecule has 1 heterocycles. The van der Waals surface area contributed by atoms with E-state index in [0.29, 0.717) is 6.04 Å². The van der Waals surface area contributed by atoms with Crippen LogP contribution in [0.25, 0.3) is 0 Å². The van der Waals surface area contributed by atoms with E-state index in [9.17, 15) is 0 Å². The Morgan fingerprint density at radius 2 is 2.00 bits per heavy atom. The Morgan fingerprint density at radius 1 is 1.28 bits per heavy atom. The summed E-state index contributed by atoms with van der Waals surface area (Å²) in [5, 5.41) is 6.62. The van der Waals surface area contributed by atoms with Crippen molar-refractivity contribution in [2.45, 2.75) is 19.5 Å². The zero-order chi connectivity index (χ0) is 13.0. The summed E-state index contributed by atoms with van der Waals surface area (Å²) in [4.78, 5) is 6.38. The van der Waals surface area contributed by atoms with Crippen LogP contribution < -0.4 is 10.2 Å². The number of nitrogens with zero attached hydrogens (tertiary/aromatic N) is 2. The summed E-state index contributed by atoms with van der Waals surface area (Å²) in [5.41, 5.74) is 2.53. The summed E-state index contributed by atoms with van der Waals surface area (Å²) in [6.07, 6.45) is 1.85. The molecule has 2 rings (SSSR count). The van der Waals surface area contributed by atoms with E-state index in [2.05, 4.69) is 60.5 Å². The first-order valence-electron chi connectivity index (χ1n) is 6.06. The number of benzene rings is 1. The van der Waals surface area contributed by atoms with Crippen molar-refractivity contribution in [1.82, 2.24) is 10.3 Å².